The third kappa shape index (κ3) is 5.60. The number of benzene rings is 1. The summed E-state index contributed by atoms with van der Waals surface area (Å²) in [6, 6.07) is 1.86. The number of ketones is 1. The van der Waals surface area contributed by atoms with Crippen LogP contribution in [0, 0.1) is 0 Å². The second-order valence-corrected chi connectivity index (χ2v) is 10.3. The minimum atomic E-state index is -5.80. The van der Waals surface area contributed by atoms with Gasteiger partial charge in [0.2, 0.25) is 0 Å². The minimum Gasteiger partial charge on any atom is -0.478 e. The number of nitrogens with one attached hydrogen (secondary N) is 1. The lowest BCUT2D eigenvalue weighted by Gasteiger charge is -2.34. The van der Waals surface area contributed by atoms with Crippen molar-refractivity contribution in [2.24, 2.45) is 5.73 Å². The number of Topliss-reactive ketones (excluding diaryl/α,β-unsaturated/α-hetero) is 1. The fraction of sp³-hybridized carbons (Fsp3) is 0.400. The zero-order valence-electron chi connectivity index (χ0n) is 15.6. The molecule has 13 nitrogen and oxygen atoms in total. The Morgan fingerprint density at radius 1 is 1.07 bits per heavy atom. The van der Waals surface area contributed by atoms with Crippen LogP contribution >= 0.6 is 15.2 Å². The molecule has 0 saturated heterocycles. The Kier molecular flexibility index (Phi) is 8.23. The molecule has 0 fully saturated rings. The van der Waals surface area contributed by atoms with Crippen molar-refractivity contribution in [1.29, 1.82) is 0 Å². The Morgan fingerprint density at radius 2 is 1.53 bits per heavy atom. The summed E-state index contributed by atoms with van der Waals surface area (Å²) in [6.45, 7) is 1.24. The first-order chi connectivity index (χ1) is 13.5. The van der Waals surface area contributed by atoms with E-state index in [0.717, 1.165) is 0 Å². The van der Waals surface area contributed by atoms with Crippen LogP contribution in [0.15, 0.2) is 24.3 Å². The average Bonchev–Trinajstić information content (AvgIpc) is 2.62. The molecule has 0 saturated carbocycles. The Bertz CT molecular complexity index is 901. The molecule has 1 unspecified atom stereocenters. The van der Waals surface area contributed by atoms with Crippen molar-refractivity contribution in [3.63, 3.8) is 0 Å². The number of hydrogen-bond acceptors (Lipinski definition) is 7. The first-order valence-electron chi connectivity index (χ1n) is 8.29. The van der Waals surface area contributed by atoms with E-state index in [9.17, 15) is 28.6 Å². The lowest BCUT2D eigenvalue weighted by Crippen LogP contribution is -2.48. The highest BCUT2D eigenvalue weighted by Gasteiger charge is 2.63. The van der Waals surface area contributed by atoms with E-state index in [1.54, 1.807) is 0 Å². The van der Waals surface area contributed by atoms with Crippen LogP contribution in [0.1, 0.15) is 40.5 Å². The van der Waals surface area contributed by atoms with E-state index in [0.29, 0.717) is 0 Å². The number of aromatic carboxylic acids is 1. The normalized spacial score (nSPS) is 14.6. The fourth-order valence-corrected chi connectivity index (χ4v) is 5.01. The quantitative estimate of drug-likeness (QED) is 0.196. The highest BCUT2D eigenvalue weighted by Crippen LogP contribution is 2.68. The molecule has 9 N–H and O–H groups in total. The number of carboxylic acid groups (broad SMARTS) is 1. The summed E-state index contributed by atoms with van der Waals surface area (Å²) in [4.78, 5) is 72.1. The standard InChI is InChI=1S/C15H22N2O11P2/c1-8(17-13(19)9-4-2-3-5-10(9)14(20)21)11(18)6-7-12(16)15(22,29(23,24)25)30(26,27)28/h2-5,8,12,22H,6-7,16H2,1H3,(H,17,19)(H,20,21)(H2,23,24,25)(H2,26,27,28)/t8-,12?/m1/s1. The summed E-state index contributed by atoms with van der Waals surface area (Å²) in [6.07, 6.45) is -1.33. The molecule has 30 heavy (non-hydrogen) atoms. The lowest BCUT2D eigenvalue weighted by molar-refractivity contribution is -0.120. The summed E-state index contributed by atoms with van der Waals surface area (Å²) >= 11 is 0. The number of carboxylic acids is 1. The number of aliphatic hydroxyl groups is 1. The maximum atomic E-state index is 12.2. The Balaban J connectivity index is 2.87. The molecule has 0 spiro atoms. The van der Waals surface area contributed by atoms with E-state index >= 15 is 0 Å². The van der Waals surface area contributed by atoms with E-state index < -0.39 is 62.9 Å². The van der Waals surface area contributed by atoms with Crippen LogP contribution < -0.4 is 11.1 Å². The number of rotatable bonds is 10. The summed E-state index contributed by atoms with van der Waals surface area (Å²) in [5.41, 5.74) is 4.87. The predicted molar refractivity (Wildman–Crippen MR) is 102 cm³/mol. The molecular weight excluding hydrogens is 446 g/mol. The first kappa shape index (κ1) is 26.1. The molecule has 2 atom stereocenters. The molecule has 0 aliphatic rings. The second kappa shape index (κ2) is 9.46. The molecule has 1 rings (SSSR count). The van der Waals surface area contributed by atoms with Crippen LogP contribution in [0.4, 0.5) is 0 Å². The Hall–Kier alpha value is -1.95. The molecule has 1 aromatic rings. The van der Waals surface area contributed by atoms with E-state index in [1.807, 2.05) is 0 Å². The van der Waals surface area contributed by atoms with Gasteiger partial charge in [-0.15, -0.1) is 0 Å². The summed E-state index contributed by atoms with van der Waals surface area (Å²) < 4.78 is 22.8. The fourth-order valence-electron chi connectivity index (χ4n) is 2.53. The van der Waals surface area contributed by atoms with Crippen molar-refractivity contribution in [2.75, 3.05) is 0 Å². The molecule has 0 aromatic heterocycles. The maximum Gasteiger partial charge on any atom is 0.371 e. The minimum absolute atomic E-state index is 0.210. The van der Waals surface area contributed by atoms with Gasteiger partial charge in [-0.25, -0.2) is 4.79 Å². The van der Waals surface area contributed by atoms with Crippen LogP contribution in [0.25, 0.3) is 0 Å². The van der Waals surface area contributed by atoms with Gasteiger partial charge in [-0.1, -0.05) is 12.1 Å². The monoisotopic (exact) mass is 468 g/mol. The number of nitrogens with two attached hydrogens (primary N) is 1. The molecule has 0 aliphatic heterocycles. The largest absolute Gasteiger partial charge is 0.478 e. The van der Waals surface area contributed by atoms with Gasteiger partial charge in [-0.05, 0) is 25.5 Å². The summed E-state index contributed by atoms with van der Waals surface area (Å²) in [5.74, 6) is -2.98. The van der Waals surface area contributed by atoms with Gasteiger partial charge >= 0.3 is 21.2 Å². The van der Waals surface area contributed by atoms with E-state index in [1.165, 1.54) is 31.2 Å². The van der Waals surface area contributed by atoms with Crippen molar-refractivity contribution in [2.45, 2.75) is 36.9 Å². The van der Waals surface area contributed by atoms with E-state index in [2.05, 4.69) is 5.32 Å². The van der Waals surface area contributed by atoms with E-state index in [4.69, 9.17) is 30.4 Å². The molecule has 1 aromatic carbocycles. The lowest BCUT2D eigenvalue weighted by atomic mass is 10.0. The number of carbonyl (C=O) groups excluding carboxylic acids is 2. The van der Waals surface area contributed by atoms with Crippen LogP contribution in [0.2, 0.25) is 0 Å². The van der Waals surface area contributed by atoms with Gasteiger partial charge in [-0.2, -0.15) is 0 Å². The zero-order valence-corrected chi connectivity index (χ0v) is 17.4. The van der Waals surface area contributed by atoms with Gasteiger partial charge in [0.05, 0.1) is 23.2 Å². The molecule has 0 heterocycles. The Labute approximate surface area is 170 Å². The molecule has 15 heteroatoms. The van der Waals surface area contributed by atoms with Gasteiger partial charge in [-0.3, -0.25) is 18.7 Å². The van der Waals surface area contributed by atoms with Gasteiger partial charge in [0.15, 0.2) is 5.78 Å². The SMILES string of the molecule is C[C@@H](NC(=O)c1ccccc1C(=O)O)C(=O)CCC(N)C(O)(P(=O)(O)O)P(=O)(O)O. The van der Waals surface area contributed by atoms with Crippen molar-refractivity contribution in [3.05, 3.63) is 35.4 Å². The van der Waals surface area contributed by atoms with Gasteiger partial charge in [0.25, 0.3) is 11.0 Å². The molecule has 0 aliphatic carbocycles. The molecular formula is C15H22N2O11P2. The van der Waals surface area contributed by atoms with Crippen molar-refractivity contribution >= 4 is 32.9 Å². The molecule has 0 bridgehead atoms. The van der Waals surface area contributed by atoms with Crippen LogP contribution in [-0.4, -0.2) is 64.6 Å². The van der Waals surface area contributed by atoms with Crippen LogP contribution in [-0.2, 0) is 13.9 Å². The van der Waals surface area contributed by atoms with Gasteiger partial charge in [0, 0.05) is 6.42 Å². The maximum absolute atomic E-state index is 12.2. The highest BCUT2D eigenvalue weighted by atomic mass is 31.2. The van der Waals surface area contributed by atoms with Crippen molar-refractivity contribution < 1.29 is 53.3 Å². The van der Waals surface area contributed by atoms with Gasteiger partial charge < -0.3 is 40.8 Å². The van der Waals surface area contributed by atoms with Gasteiger partial charge in [0.1, 0.15) is 0 Å². The first-order valence-corrected chi connectivity index (χ1v) is 11.5. The smallest absolute Gasteiger partial charge is 0.371 e. The third-order valence-electron chi connectivity index (χ3n) is 4.29. The molecule has 0 radical (unpaired) electrons. The summed E-state index contributed by atoms with van der Waals surface area (Å²) in [5, 5.41) is 17.4. The van der Waals surface area contributed by atoms with Crippen LogP contribution in [0.5, 0.6) is 0 Å². The number of hydrogen-bond donors (Lipinski definition) is 8. The predicted octanol–water partition coefficient (Wildman–Crippen LogP) is -0.819. The van der Waals surface area contributed by atoms with Crippen molar-refractivity contribution in [1.82, 2.24) is 5.32 Å². The number of amides is 1. The number of carbonyl (C=O) groups is 3. The van der Waals surface area contributed by atoms with Crippen molar-refractivity contribution in [3.8, 4) is 0 Å². The second-order valence-electron chi connectivity index (χ2n) is 6.43. The molecule has 168 valence electrons. The topological polar surface area (TPSA) is 245 Å². The molecule has 1 amide bonds. The van der Waals surface area contributed by atoms with E-state index in [-0.39, 0.29) is 11.1 Å². The zero-order chi connectivity index (χ0) is 23.5. The highest BCUT2D eigenvalue weighted by molar-refractivity contribution is 7.72. The summed E-state index contributed by atoms with van der Waals surface area (Å²) in [7, 11) is -11.6. The Morgan fingerprint density at radius 3 is 1.97 bits per heavy atom. The third-order valence-corrected chi connectivity index (χ3v) is 8.23. The van der Waals surface area contributed by atoms with Crippen LogP contribution in [0.3, 0.4) is 0 Å². The average molecular weight is 468 g/mol.